The Labute approximate surface area is 238 Å². The summed E-state index contributed by atoms with van der Waals surface area (Å²) in [5.74, 6) is -2.53. The molecule has 0 aliphatic heterocycles. The fourth-order valence-corrected chi connectivity index (χ4v) is 4.54. The number of aliphatic hydroxyl groups is 1. The van der Waals surface area contributed by atoms with Crippen molar-refractivity contribution in [3.8, 4) is 5.75 Å². The number of para-hydroxylation sites is 1. The second kappa shape index (κ2) is 13.6. The van der Waals surface area contributed by atoms with E-state index < -0.39 is 23.6 Å². The molecule has 4 aromatic rings. The monoisotopic (exact) mass is 585 g/mol. The molecule has 1 aromatic heterocycles. The van der Waals surface area contributed by atoms with E-state index in [9.17, 15) is 24.3 Å². The Morgan fingerprint density at radius 1 is 0.925 bits per heavy atom. The number of benzene rings is 3. The number of carboxylic acid groups (broad SMARTS) is 1. The van der Waals surface area contributed by atoms with Crippen LogP contribution in [0.15, 0.2) is 60.7 Å². The summed E-state index contributed by atoms with van der Waals surface area (Å²) in [6.45, 7) is -0.00987. The van der Waals surface area contributed by atoms with Crippen LogP contribution in [-0.4, -0.2) is 43.9 Å². The fourth-order valence-electron chi connectivity index (χ4n) is 3.84. The molecule has 0 aliphatic carbocycles. The minimum absolute atomic E-state index is 0.000819. The van der Waals surface area contributed by atoms with Crippen molar-refractivity contribution < 1.29 is 34.5 Å². The number of hydrogen-bond acceptors (Lipinski definition) is 6. The molecule has 0 fully saturated rings. The van der Waals surface area contributed by atoms with E-state index in [2.05, 4.69) is 10.3 Å². The van der Waals surface area contributed by atoms with E-state index in [1.54, 1.807) is 12.1 Å². The molecule has 10 nitrogen and oxygen atoms in total. The van der Waals surface area contributed by atoms with Gasteiger partial charge in [0.05, 0.1) is 28.6 Å². The molecule has 0 atom stereocenters. The molecule has 4 rings (SSSR count). The van der Waals surface area contributed by atoms with Crippen LogP contribution in [0.4, 0.5) is 0 Å². The quantitative estimate of drug-likeness (QED) is 0.157. The number of phenolic OH excluding ortho intramolecular Hbond substituents is 1. The van der Waals surface area contributed by atoms with Crippen molar-refractivity contribution in [1.82, 2.24) is 10.3 Å². The Balaban J connectivity index is 0.000000263. The number of carbonyl (C=O) groups is 4. The molecule has 12 heteroatoms. The van der Waals surface area contributed by atoms with Crippen molar-refractivity contribution >= 4 is 57.7 Å². The summed E-state index contributed by atoms with van der Waals surface area (Å²) in [7, 11) is 0. The molecule has 208 valence electrons. The number of carbonyl (C=O) groups excluding carboxylic acids is 3. The number of fused-ring (bicyclic) bond motifs is 1. The lowest BCUT2D eigenvalue weighted by Crippen LogP contribution is -2.23. The third-order valence-electron chi connectivity index (χ3n) is 5.73. The number of H-pyrrole nitrogens is 1. The van der Waals surface area contributed by atoms with Gasteiger partial charge in [-0.2, -0.15) is 0 Å². The highest BCUT2D eigenvalue weighted by atomic mass is 35.5. The number of aliphatic carboxylic acids is 1. The molecular formula is C28H25Cl2N3O7. The van der Waals surface area contributed by atoms with Crippen LogP contribution in [0, 0.1) is 0 Å². The molecule has 0 bridgehead atoms. The number of halogens is 2. The Morgan fingerprint density at radius 3 is 2.20 bits per heavy atom. The van der Waals surface area contributed by atoms with Crippen LogP contribution in [0.25, 0.3) is 10.9 Å². The topological polar surface area (TPSA) is 183 Å². The average Bonchev–Trinajstić information content (AvgIpc) is 3.30. The number of nitrogens with one attached hydrogen (secondary N) is 2. The second-order valence-corrected chi connectivity index (χ2v) is 9.35. The molecule has 0 saturated carbocycles. The summed E-state index contributed by atoms with van der Waals surface area (Å²) in [5.41, 5.74) is 7.70. The third kappa shape index (κ3) is 7.60. The molecule has 0 unspecified atom stereocenters. The van der Waals surface area contributed by atoms with E-state index in [4.69, 9.17) is 39.1 Å². The Hall–Kier alpha value is -4.38. The third-order valence-corrected chi connectivity index (χ3v) is 6.33. The molecule has 0 saturated heterocycles. The van der Waals surface area contributed by atoms with Gasteiger partial charge in [0.2, 0.25) is 0 Å². The highest BCUT2D eigenvalue weighted by Crippen LogP contribution is 2.28. The number of amides is 2. The number of aromatic hydroxyl groups is 1. The summed E-state index contributed by atoms with van der Waals surface area (Å²) >= 11 is 12.1. The zero-order valence-corrected chi connectivity index (χ0v) is 22.4. The zero-order chi connectivity index (χ0) is 29.4. The predicted octanol–water partition coefficient (Wildman–Crippen LogP) is 4.44. The number of aromatic amines is 1. The standard InChI is InChI=1S/C18H15Cl2NO5.C10H10N2O2/c19-13-7-11(8-14(20)17(13)15(23)4-5-16(24)25)18(26)21-9-10-2-1-3-12(22)6-10;11-10(14)9-7(5-13)6-3-1-2-4-8(6)12-9/h1-3,6-8,22H,4-5,9H2,(H,21,26)(H,24,25);1-4,12-13H,5H2,(H2,11,14). The molecule has 1 heterocycles. The minimum Gasteiger partial charge on any atom is -0.508 e. The Bertz CT molecular complexity index is 1560. The van der Waals surface area contributed by atoms with E-state index in [-0.39, 0.29) is 58.6 Å². The SMILES string of the molecule is NC(=O)c1[nH]c2ccccc2c1CO.O=C(O)CCC(=O)c1c(Cl)cc(C(=O)NCc2cccc(O)c2)cc1Cl. The van der Waals surface area contributed by atoms with Gasteiger partial charge in [-0.05, 0) is 35.9 Å². The number of rotatable bonds is 9. The molecule has 7 N–H and O–H groups in total. The summed E-state index contributed by atoms with van der Waals surface area (Å²) in [4.78, 5) is 48.8. The van der Waals surface area contributed by atoms with Crippen molar-refractivity contribution in [2.24, 2.45) is 5.73 Å². The first-order chi connectivity index (χ1) is 19.0. The first kappa shape index (κ1) is 30.2. The maximum absolute atomic E-state index is 12.3. The molecule has 2 amide bonds. The number of hydrogen-bond donors (Lipinski definition) is 6. The molecule has 0 aliphatic rings. The fraction of sp³-hybridized carbons (Fsp3) is 0.143. The van der Waals surface area contributed by atoms with E-state index in [0.717, 1.165) is 10.9 Å². The zero-order valence-electron chi connectivity index (χ0n) is 20.9. The van der Waals surface area contributed by atoms with Gasteiger partial charge < -0.3 is 31.4 Å². The van der Waals surface area contributed by atoms with Gasteiger partial charge in [-0.1, -0.05) is 53.5 Å². The van der Waals surface area contributed by atoms with Crippen molar-refractivity contribution in [3.63, 3.8) is 0 Å². The van der Waals surface area contributed by atoms with Crippen LogP contribution in [0.3, 0.4) is 0 Å². The largest absolute Gasteiger partial charge is 0.508 e. The van der Waals surface area contributed by atoms with Gasteiger partial charge in [0.25, 0.3) is 11.8 Å². The summed E-state index contributed by atoms with van der Waals surface area (Å²) < 4.78 is 0. The van der Waals surface area contributed by atoms with Crippen molar-refractivity contribution in [2.45, 2.75) is 26.0 Å². The average molecular weight is 586 g/mol. The highest BCUT2D eigenvalue weighted by Gasteiger charge is 2.19. The molecule has 3 aromatic carbocycles. The van der Waals surface area contributed by atoms with Gasteiger partial charge in [-0.25, -0.2) is 0 Å². The van der Waals surface area contributed by atoms with E-state index in [1.807, 2.05) is 24.3 Å². The number of nitrogens with two attached hydrogens (primary N) is 1. The second-order valence-electron chi connectivity index (χ2n) is 8.53. The van der Waals surface area contributed by atoms with Crippen molar-refractivity contribution in [1.29, 1.82) is 0 Å². The number of aliphatic hydroxyl groups excluding tert-OH is 1. The van der Waals surface area contributed by atoms with Gasteiger partial charge in [0.1, 0.15) is 11.4 Å². The lowest BCUT2D eigenvalue weighted by atomic mass is 10.0. The lowest BCUT2D eigenvalue weighted by molar-refractivity contribution is -0.136. The van der Waals surface area contributed by atoms with Crippen LogP contribution in [0.1, 0.15) is 55.2 Å². The summed E-state index contributed by atoms with van der Waals surface area (Å²) in [5, 5.41) is 30.6. The minimum atomic E-state index is -1.10. The van der Waals surface area contributed by atoms with Crippen LogP contribution < -0.4 is 11.1 Å². The molecule has 40 heavy (non-hydrogen) atoms. The summed E-state index contributed by atoms with van der Waals surface area (Å²) in [6.07, 6.45) is -0.574. The van der Waals surface area contributed by atoms with Gasteiger partial charge in [-0.15, -0.1) is 0 Å². The Morgan fingerprint density at radius 2 is 1.60 bits per heavy atom. The van der Waals surface area contributed by atoms with Crippen LogP contribution in [-0.2, 0) is 17.9 Å². The van der Waals surface area contributed by atoms with Crippen LogP contribution >= 0.6 is 23.2 Å². The first-order valence-corrected chi connectivity index (χ1v) is 12.6. The van der Waals surface area contributed by atoms with Crippen molar-refractivity contribution in [3.05, 3.63) is 98.7 Å². The van der Waals surface area contributed by atoms with E-state index in [0.29, 0.717) is 11.1 Å². The van der Waals surface area contributed by atoms with Gasteiger partial charge in [-0.3, -0.25) is 19.2 Å². The molecule has 0 radical (unpaired) electrons. The lowest BCUT2D eigenvalue weighted by Gasteiger charge is -2.10. The number of Topliss-reactive ketones (excluding diaryl/α,β-unsaturated/α-hetero) is 1. The number of ketones is 1. The van der Waals surface area contributed by atoms with E-state index in [1.165, 1.54) is 24.3 Å². The molecule has 0 spiro atoms. The van der Waals surface area contributed by atoms with Crippen LogP contribution in [0.2, 0.25) is 10.0 Å². The van der Waals surface area contributed by atoms with Crippen LogP contribution in [0.5, 0.6) is 5.75 Å². The first-order valence-electron chi connectivity index (χ1n) is 11.8. The normalized spacial score (nSPS) is 10.5. The van der Waals surface area contributed by atoms with Gasteiger partial charge >= 0.3 is 5.97 Å². The number of aromatic nitrogens is 1. The molecular weight excluding hydrogens is 561 g/mol. The predicted molar refractivity (Wildman–Crippen MR) is 150 cm³/mol. The summed E-state index contributed by atoms with van der Waals surface area (Å²) in [6, 6.07) is 16.4. The smallest absolute Gasteiger partial charge is 0.303 e. The maximum atomic E-state index is 12.3. The highest BCUT2D eigenvalue weighted by molar-refractivity contribution is 6.40. The van der Waals surface area contributed by atoms with Gasteiger partial charge in [0, 0.05) is 35.0 Å². The maximum Gasteiger partial charge on any atom is 0.303 e. The number of primary amides is 1. The Kier molecular flexibility index (Phi) is 10.3. The van der Waals surface area contributed by atoms with E-state index >= 15 is 0 Å². The van der Waals surface area contributed by atoms with Crippen molar-refractivity contribution in [2.75, 3.05) is 0 Å². The van der Waals surface area contributed by atoms with Gasteiger partial charge in [0.15, 0.2) is 5.78 Å². The number of phenols is 1. The number of carboxylic acids is 1.